The molecule has 0 amide bonds. The summed E-state index contributed by atoms with van der Waals surface area (Å²) in [6.45, 7) is 1.66. The zero-order chi connectivity index (χ0) is 16.6. The molecule has 3 N–H and O–H groups in total. The number of methoxy groups -OCH3 is 1. The van der Waals surface area contributed by atoms with Gasteiger partial charge in [0.2, 0.25) is 0 Å². The van der Waals surface area contributed by atoms with Gasteiger partial charge in [-0.1, -0.05) is 23.2 Å². The summed E-state index contributed by atoms with van der Waals surface area (Å²) in [5, 5.41) is 9.02. The number of carboxylic acids is 1. The number of aromatic carboxylic acids is 1. The number of aromatic nitrogens is 1. The molecule has 0 aliphatic carbocycles. The molecular formula is C14H11Cl2FN2O3. The Bertz CT molecular complexity index is 781. The van der Waals surface area contributed by atoms with Crippen LogP contribution in [0.1, 0.15) is 16.1 Å². The number of rotatable bonds is 3. The Kier molecular flexibility index (Phi) is 4.44. The fraction of sp³-hybridized carbons (Fsp3) is 0.143. The lowest BCUT2D eigenvalue weighted by Crippen LogP contribution is -2.06. The summed E-state index contributed by atoms with van der Waals surface area (Å²) in [6, 6.07) is 2.72. The van der Waals surface area contributed by atoms with Crippen LogP contribution in [0.5, 0.6) is 5.75 Å². The third-order valence-corrected chi connectivity index (χ3v) is 3.88. The second-order valence-corrected chi connectivity index (χ2v) is 5.22. The molecule has 0 bridgehead atoms. The standard InChI is InChI=1S/C14H11Cl2FN2O3/c1-5-3-6(11(17)13(22-2)9(5)15)8-4-7(18)10(16)12(19-8)14(20)21/h3-4H,1-2H3,(H2,18,19)(H,20,21). The highest BCUT2D eigenvalue weighted by molar-refractivity contribution is 6.35. The molecule has 8 heteroatoms. The number of hydrogen-bond donors (Lipinski definition) is 2. The van der Waals surface area contributed by atoms with Gasteiger partial charge in [-0.15, -0.1) is 0 Å². The van der Waals surface area contributed by atoms with Crippen LogP contribution in [0.3, 0.4) is 0 Å². The molecule has 0 unspecified atom stereocenters. The first kappa shape index (κ1) is 16.3. The van der Waals surface area contributed by atoms with Gasteiger partial charge in [0.25, 0.3) is 0 Å². The van der Waals surface area contributed by atoms with Gasteiger partial charge in [-0.3, -0.25) is 0 Å². The highest BCUT2D eigenvalue weighted by Crippen LogP contribution is 2.38. The predicted octanol–water partition coefficient (Wildman–Crippen LogP) is 3.79. The summed E-state index contributed by atoms with van der Waals surface area (Å²) >= 11 is 11.8. The molecule has 0 radical (unpaired) electrons. The van der Waals surface area contributed by atoms with E-state index in [9.17, 15) is 9.18 Å². The molecule has 0 aliphatic heterocycles. The van der Waals surface area contributed by atoms with Crippen LogP contribution in [-0.2, 0) is 0 Å². The van der Waals surface area contributed by atoms with Gasteiger partial charge in [0.15, 0.2) is 17.3 Å². The summed E-state index contributed by atoms with van der Waals surface area (Å²) < 4.78 is 19.4. The Morgan fingerprint density at radius 3 is 2.55 bits per heavy atom. The van der Waals surface area contributed by atoms with Gasteiger partial charge in [0, 0.05) is 5.56 Å². The Morgan fingerprint density at radius 1 is 1.36 bits per heavy atom. The molecule has 0 atom stereocenters. The number of nitrogens with two attached hydrogens (primary N) is 1. The second kappa shape index (κ2) is 5.98. The van der Waals surface area contributed by atoms with Crippen molar-refractivity contribution in [2.75, 3.05) is 12.8 Å². The number of halogens is 3. The molecule has 0 saturated heterocycles. The van der Waals surface area contributed by atoms with E-state index < -0.39 is 17.5 Å². The van der Waals surface area contributed by atoms with E-state index in [1.54, 1.807) is 6.92 Å². The molecule has 2 aromatic rings. The van der Waals surface area contributed by atoms with Crippen molar-refractivity contribution < 1.29 is 19.0 Å². The van der Waals surface area contributed by atoms with Crippen LogP contribution in [0.4, 0.5) is 10.1 Å². The van der Waals surface area contributed by atoms with E-state index in [0.717, 1.165) is 0 Å². The molecule has 1 aromatic heterocycles. The monoisotopic (exact) mass is 344 g/mol. The minimum atomic E-state index is -1.36. The van der Waals surface area contributed by atoms with Gasteiger partial charge in [-0.05, 0) is 24.6 Å². The Morgan fingerprint density at radius 2 is 2.00 bits per heavy atom. The molecule has 0 saturated carbocycles. The molecular weight excluding hydrogens is 334 g/mol. The first-order valence-electron chi connectivity index (χ1n) is 6.00. The molecule has 5 nitrogen and oxygen atoms in total. The van der Waals surface area contributed by atoms with Crippen LogP contribution >= 0.6 is 23.2 Å². The maximum absolute atomic E-state index is 14.5. The van der Waals surface area contributed by atoms with Gasteiger partial charge in [0.1, 0.15) is 0 Å². The summed E-state index contributed by atoms with van der Waals surface area (Å²) in [6.07, 6.45) is 0. The summed E-state index contributed by atoms with van der Waals surface area (Å²) in [5.74, 6) is -2.27. The third kappa shape index (κ3) is 2.67. The third-order valence-electron chi connectivity index (χ3n) is 3.01. The lowest BCUT2D eigenvalue weighted by molar-refractivity contribution is 0.0691. The number of pyridine rings is 1. The molecule has 22 heavy (non-hydrogen) atoms. The largest absolute Gasteiger partial charge is 0.492 e. The first-order valence-corrected chi connectivity index (χ1v) is 6.75. The van der Waals surface area contributed by atoms with Crippen molar-refractivity contribution in [3.05, 3.63) is 39.3 Å². The highest BCUT2D eigenvalue weighted by atomic mass is 35.5. The molecule has 116 valence electrons. The van der Waals surface area contributed by atoms with Crippen LogP contribution in [0.15, 0.2) is 12.1 Å². The van der Waals surface area contributed by atoms with Crippen molar-refractivity contribution in [3.8, 4) is 17.0 Å². The maximum atomic E-state index is 14.5. The van der Waals surface area contributed by atoms with Crippen molar-refractivity contribution in [1.29, 1.82) is 0 Å². The number of ether oxygens (including phenoxy) is 1. The average Bonchev–Trinajstić information content (AvgIpc) is 2.46. The van der Waals surface area contributed by atoms with E-state index in [2.05, 4.69) is 4.98 Å². The highest BCUT2D eigenvalue weighted by Gasteiger charge is 2.21. The van der Waals surface area contributed by atoms with E-state index >= 15 is 0 Å². The lowest BCUT2D eigenvalue weighted by Gasteiger charge is -2.13. The molecule has 0 spiro atoms. The predicted molar refractivity (Wildman–Crippen MR) is 82.3 cm³/mol. The number of carboxylic acid groups (broad SMARTS) is 1. The van der Waals surface area contributed by atoms with Crippen molar-refractivity contribution in [2.45, 2.75) is 6.92 Å². The summed E-state index contributed by atoms with van der Waals surface area (Å²) in [5.41, 5.74) is 5.78. The molecule has 1 heterocycles. The van der Waals surface area contributed by atoms with Crippen LogP contribution in [-0.4, -0.2) is 23.2 Å². The topological polar surface area (TPSA) is 85.4 Å². The molecule has 0 fully saturated rings. The molecule has 2 rings (SSSR count). The van der Waals surface area contributed by atoms with Crippen LogP contribution < -0.4 is 10.5 Å². The van der Waals surface area contributed by atoms with E-state index in [0.29, 0.717) is 5.56 Å². The number of carbonyl (C=O) groups is 1. The quantitative estimate of drug-likeness (QED) is 0.884. The van der Waals surface area contributed by atoms with Crippen molar-refractivity contribution in [2.24, 2.45) is 0 Å². The van der Waals surface area contributed by atoms with E-state index in [-0.39, 0.29) is 32.7 Å². The number of benzene rings is 1. The summed E-state index contributed by atoms with van der Waals surface area (Å²) in [4.78, 5) is 15.0. The zero-order valence-corrected chi connectivity index (χ0v) is 13.1. The second-order valence-electron chi connectivity index (χ2n) is 4.47. The molecule has 1 aromatic carbocycles. The minimum absolute atomic E-state index is 0.0182. The van der Waals surface area contributed by atoms with E-state index in [1.807, 2.05) is 0 Å². The number of nitrogen functional groups attached to an aromatic ring is 1. The fourth-order valence-corrected chi connectivity index (χ4v) is 2.33. The Hall–Kier alpha value is -2.05. The number of nitrogens with zero attached hydrogens (tertiary/aromatic N) is 1. The SMILES string of the molecule is COc1c(F)c(-c2cc(N)c(Cl)c(C(=O)O)n2)cc(C)c1Cl. The smallest absolute Gasteiger partial charge is 0.356 e. The number of aryl methyl sites for hydroxylation is 1. The van der Waals surface area contributed by atoms with Crippen molar-refractivity contribution >= 4 is 34.9 Å². The average molecular weight is 345 g/mol. The van der Waals surface area contributed by atoms with Crippen LogP contribution in [0.25, 0.3) is 11.3 Å². The van der Waals surface area contributed by atoms with Crippen molar-refractivity contribution in [1.82, 2.24) is 4.98 Å². The first-order chi connectivity index (χ1) is 10.3. The maximum Gasteiger partial charge on any atom is 0.356 e. The van der Waals surface area contributed by atoms with Crippen LogP contribution in [0, 0.1) is 12.7 Å². The van der Waals surface area contributed by atoms with Gasteiger partial charge >= 0.3 is 5.97 Å². The zero-order valence-electron chi connectivity index (χ0n) is 11.6. The Balaban J connectivity index is 2.78. The van der Waals surface area contributed by atoms with E-state index in [1.165, 1.54) is 19.2 Å². The molecule has 0 aliphatic rings. The number of anilines is 1. The van der Waals surface area contributed by atoms with E-state index in [4.69, 9.17) is 38.8 Å². The number of hydrogen-bond acceptors (Lipinski definition) is 4. The van der Waals surface area contributed by atoms with Gasteiger partial charge in [0.05, 0.1) is 28.5 Å². The van der Waals surface area contributed by atoms with Crippen LogP contribution in [0.2, 0.25) is 10.0 Å². The van der Waals surface area contributed by atoms with Gasteiger partial charge in [-0.2, -0.15) is 0 Å². The Labute approximate surface area is 135 Å². The summed E-state index contributed by atoms with van der Waals surface area (Å²) in [7, 11) is 1.28. The normalized spacial score (nSPS) is 10.6. The lowest BCUT2D eigenvalue weighted by atomic mass is 10.1. The van der Waals surface area contributed by atoms with Gasteiger partial charge < -0.3 is 15.6 Å². The minimum Gasteiger partial charge on any atom is -0.492 e. The fourth-order valence-electron chi connectivity index (χ4n) is 1.94. The van der Waals surface area contributed by atoms with Gasteiger partial charge in [-0.25, -0.2) is 14.2 Å². The van der Waals surface area contributed by atoms with Crippen molar-refractivity contribution in [3.63, 3.8) is 0 Å².